The lowest BCUT2D eigenvalue weighted by Gasteiger charge is -2.19. The van der Waals surface area contributed by atoms with Gasteiger partial charge in [0.25, 0.3) is 0 Å². The molecule has 0 aromatic heterocycles. The summed E-state index contributed by atoms with van der Waals surface area (Å²) in [5.74, 6) is 1.08. The summed E-state index contributed by atoms with van der Waals surface area (Å²) in [5.41, 5.74) is 0.741. The fourth-order valence-electron chi connectivity index (χ4n) is 1.93. The zero-order valence-electron chi connectivity index (χ0n) is 13.2. The topological polar surface area (TPSA) is 95.9 Å². The van der Waals surface area contributed by atoms with E-state index in [1.54, 1.807) is 36.0 Å². The lowest BCUT2D eigenvalue weighted by atomic mass is 10.1. The lowest BCUT2D eigenvalue weighted by molar-refractivity contribution is -0.119. The van der Waals surface area contributed by atoms with Gasteiger partial charge in [0.05, 0.1) is 18.4 Å². The summed E-state index contributed by atoms with van der Waals surface area (Å²) in [5, 5.41) is 2.77. The highest BCUT2D eigenvalue weighted by atomic mass is 32.2. The number of thioether (sulfide) groups is 1. The number of carbonyl (C=O) groups is 1. The molecule has 0 saturated carbocycles. The van der Waals surface area contributed by atoms with Gasteiger partial charge in [0.15, 0.2) is 0 Å². The summed E-state index contributed by atoms with van der Waals surface area (Å²) in [6.07, 6.45) is 3.37. The normalized spacial score (nSPS) is 12.8. The molecule has 0 heterocycles. The predicted octanol–water partition coefficient (Wildman–Crippen LogP) is 2.88. The molecule has 1 aromatic carbocycles. The predicted molar refractivity (Wildman–Crippen MR) is 92.2 cm³/mol. The fourth-order valence-corrected chi connectivity index (χ4v) is 3.10. The molecule has 0 saturated heterocycles. The van der Waals surface area contributed by atoms with E-state index in [9.17, 15) is 9.36 Å². The van der Waals surface area contributed by atoms with Gasteiger partial charge in [-0.2, -0.15) is 11.8 Å². The van der Waals surface area contributed by atoms with Gasteiger partial charge in [0, 0.05) is 0 Å². The Labute approximate surface area is 141 Å². The van der Waals surface area contributed by atoms with Gasteiger partial charge in [0.1, 0.15) is 0 Å². The van der Waals surface area contributed by atoms with E-state index in [4.69, 9.17) is 9.79 Å². The number of hydrogen-bond acceptors (Lipinski definition) is 4. The molecule has 0 spiro atoms. The summed E-state index contributed by atoms with van der Waals surface area (Å²) in [4.78, 5) is 29.7. The minimum absolute atomic E-state index is 0.172. The number of phosphoric ester groups is 1. The first-order valence-electron chi connectivity index (χ1n) is 7.54. The Balaban J connectivity index is 2.52. The van der Waals surface area contributed by atoms with Gasteiger partial charge in [-0.15, -0.1) is 0 Å². The number of hydrogen-bond donors (Lipinski definition) is 3. The largest absolute Gasteiger partial charge is 0.469 e. The summed E-state index contributed by atoms with van der Waals surface area (Å²) in [6, 6.07) is 8.39. The number of benzene rings is 1. The number of unbranched alkanes of at least 4 members (excludes halogenated alkanes) is 2. The summed E-state index contributed by atoms with van der Waals surface area (Å²) >= 11 is 1.56. The fraction of sp³-hybridized carbons (Fsp3) is 0.533. The molecule has 23 heavy (non-hydrogen) atoms. The van der Waals surface area contributed by atoms with Crippen LogP contribution in [-0.2, 0) is 13.9 Å². The molecule has 0 bridgehead atoms. The summed E-state index contributed by atoms with van der Waals surface area (Å²) in [6.45, 7) is 1.85. The first-order chi connectivity index (χ1) is 10.9. The number of nitrogens with one attached hydrogen (secondary N) is 1. The van der Waals surface area contributed by atoms with Crippen molar-refractivity contribution in [1.82, 2.24) is 5.32 Å². The second kappa shape index (κ2) is 10.8. The molecule has 6 nitrogen and oxygen atoms in total. The van der Waals surface area contributed by atoms with Crippen LogP contribution >= 0.6 is 19.6 Å². The maximum atomic E-state index is 12.0. The Morgan fingerprint density at radius 1 is 1.30 bits per heavy atom. The Morgan fingerprint density at radius 3 is 2.61 bits per heavy atom. The molecule has 3 N–H and O–H groups in total. The van der Waals surface area contributed by atoms with Crippen molar-refractivity contribution in [2.45, 2.75) is 32.2 Å². The third-order valence-electron chi connectivity index (χ3n) is 3.07. The molecule has 0 aliphatic carbocycles. The van der Waals surface area contributed by atoms with E-state index in [0.29, 0.717) is 5.75 Å². The van der Waals surface area contributed by atoms with Crippen molar-refractivity contribution in [1.29, 1.82) is 0 Å². The highest BCUT2D eigenvalue weighted by Gasteiger charge is 2.21. The van der Waals surface area contributed by atoms with Crippen molar-refractivity contribution >= 4 is 25.5 Å². The van der Waals surface area contributed by atoms with Gasteiger partial charge >= 0.3 is 7.82 Å². The monoisotopic (exact) mass is 361 g/mol. The zero-order valence-corrected chi connectivity index (χ0v) is 14.9. The molecule has 1 amide bonds. The minimum Gasteiger partial charge on any atom is -0.346 e. The highest BCUT2D eigenvalue weighted by Crippen LogP contribution is 2.37. The van der Waals surface area contributed by atoms with E-state index in [2.05, 4.69) is 16.8 Å². The van der Waals surface area contributed by atoms with Crippen LogP contribution in [0, 0.1) is 0 Å². The quantitative estimate of drug-likeness (QED) is 0.414. The lowest BCUT2D eigenvalue weighted by Crippen LogP contribution is -2.32. The molecular formula is C15H24NO5PS. The average molecular weight is 361 g/mol. The van der Waals surface area contributed by atoms with E-state index in [1.165, 1.54) is 0 Å². The standard InChI is InChI=1S/C15H24NO5PS/c1-2-3-7-10-23-12-15(17)16-14(11-21-22(18,19)20)13-8-5-4-6-9-13/h4-6,8-9,14H,2-3,7,10-12H2,1H3,(H,16,17)(H2,18,19,20). The van der Waals surface area contributed by atoms with Gasteiger partial charge < -0.3 is 15.1 Å². The number of rotatable bonds is 11. The first kappa shape index (κ1) is 20.2. The molecule has 0 radical (unpaired) electrons. The Hall–Kier alpha value is -0.850. The van der Waals surface area contributed by atoms with Crippen LogP contribution < -0.4 is 5.32 Å². The van der Waals surface area contributed by atoms with Crippen LogP contribution in [0.1, 0.15) is 37.8 Å². The summed E-state index contributed by atoms with van der Waals surface area (Å²) < 4.78 is 15.4. The average Bonchev–Trinajstić information content (AvgIpc) is 2.51. The van der Waals surface area contributed by atoms with Crippen molar-refractivity contribution in [3.63, 3.8) is 0 Å². The van der Waals surface area contributed by atoms with Gasteiger partial charge in [-0.05, 0) is 17.7 Å². The molecule has 1 atom stereocenters. The molecule has 0 aliphatic rings. The van der Waals surface area contributed by atoms with Gasteiger partial charge in [-0.25, -0.2) is 4.57 Å². The maximum absolute atomic E-state index is 12.0. The van der Waals surface area contributed by atoms with Crippen molar-refractivity contribution in [2.75, 3.05) is 18.1 Å². The molecular weight excluding hydrogens is 337 g/mol. The summed E-state index contributed by atoms with van der Waals surface area (Å²) in [7, 11) is -4.57. The second-order valence-corrected chi connectivity index (χ2v) is 7.42. The van der Waals surface area contributed by atoms with E-state index in [0.717, 1.165) is 30.6 Å². The molecule has 130 valence electrons. The van der Waals surface area contributed by atoms with Crippen LogP contribution in [0.15, 0.2) is 30.3 Å². The van der Waals surface area contributed by atoms with Gasteiger partial charge in [-0.3, -0.25) is 9.32 Å². The van der Waals surface area contributed by atoms with Crippen LogP contribution in [0.4, 0.5) is 0 Å². The van der Waals surface area contributed by atoms with E-state index in [-0.39, 0.29) is 12.5 Å². The van der Waals surface area contributed by atoms with E-state index >= 15 is 0 Å². The van der Waals surface area contributed by atoms with Crippen molar-refractivity contribution in [3.8, 4) is 0 Å². The molecule has 8 heteroatoms. The maximum Gasteiger partial charge on any atom is 0.469 e. The number of carbonyl (C=O) groups excluding carboxylic acids is 1. The third-order valence-corrected chi connectivity index (χ3v) is 4.60. The zero-order chi connectivity index (χ0) is 17.1. The van der Waals surface area contributed by atoms with Gasteiger partial charge in [-0.1, -0.05) is 50.1 Å². The van der Waals surface area contributed by atoms with Gasteiger partial charge in [0.2, 0.25) is 5.91 Å². The number of amides is 1. The van der Waals surface area contributed by atoms with Crippen LogP contribution in [0.25, 0.3) is 0 Å². The van der Waals surface area contributed by atoms with Crippen LogP contribution in [0.5, 0.6) is 0 Å². The van der Waals surface area contributed by atoms with Crippen LogP contribution in [-0.4, -0.2) is 33.8 Å². The van der Waals surface area contributed by atoms with Crippen LogP contribution in [0.2, 0.25) is 0 Å². The Morgan fingerprint density at radius 2 is 2.00 bits per heavy atom. The molecule has 1 unspecified atom stereocenters. The molecule has 1 aromatic rings. The Bertz CT molecular complexity index is 508. The smallest absolute Gasteiger partial charge is 0.346 e. The van der Waals surface area contributed by atoms with Crippen LogP contribution in [0.3, 0.4) is 0 Å². The van der Waals surface area contributed by atoms with Crippen molar-refractivity contribution in [3.05, 3.63) is 35.9 Å². The first-order valence-corrected chi connectivity index (χ1v) is 10.2. The Kier molecular flexibility index (Phi) is 9.52. The minimum atomic E-state index is -4.57. The SMILES string of the molecule is CCCCCSCC(=O)NC(COP(=O)(O)O)c1ccccc1. The molecule has 0 aliphatic heterocycles. The molecule has 0 fully saturated rings. The third kappa shape index (κ3) is 9.79. The van der Waals surface area contributed by atoms with Crippen molar-refractivity contribution in [2.24, 2.45) is 0 Å². The van der Waals surface area contributed by atoms with Crippen molar-refractivity contribution < 1.29 is 23.7 Å². The number of phosphoric acid groups is 1. The second-order valence-electron chi connectivity index (χ2n) is 5.08. The van der Waals surface area contributed by atoms with E-state index < -0.39 is 13.9 Å². The molecule has 1 rings (SSSR count). The highest BCUT2D eigenvalue weighted by molar-refractivity contribution is 7.99. The van der Waals surface area contributed by atoms with E-state index in [1.807, 2.05) is 6.07 Å².